The van der Waals surface area contributed by atoms with Crippen LogP contribution in [0.4, 0.5) is 0 Å². The second-order valence-electron chi connectivity index (χ2n) is 3.22. The summed E-state index contributed by atoms with van der Waals surface area (Å²) in [5, 5.41) is 0. The van der Waals surface area contributed by atoms with Crippen molar-refractivity contribution in [3.63, 3.8) is 0 Å². The normalized spacial score (nSPS) is 9.69. The number of hydrogen-bond acceptors (Lipinski definition) is 4. The first-order valence-corrected chi connectivity index (χ1v) is 4.58. The van der Waals surface area contributed by atoms with Gasteiger partial charge in [0.25, 0.3) is 11.7 Å². The number of rotatable bonds is 4. The molecule has 5 heteroatoms. The van der Waals surface area contributed by atoms with Gasteiger partial charge in [-0.2, -0.15) is 0 Å². The molecular weight excluding hydrogens is 210 g/mol. The van der Waals surface area contributed by atoms with Crippen LogP contribution in [-0.2, 0) is 4.79 Å². The van der Waals surface area contributed by atoms with Crippen LogP contribution in [0.3, 0.4) is 0 Å². The fourth-order valence-electron chi connectivity index (χ4n) is 1.36. The number of primary amides is 1. The highest BCUT2D eigenvalue weighted by molar-refractivity contribution is 6.43. The van der Waals surface area contributed by atoms with Gasteiger partial charge in [-0.15, -0.1) is 0 Å². The minimum Gasteiger partial charge on any atom is -0.496 e. The minimum atomic E-state index is -1.02. The smallest absolute Gasteiger partial charge is 0.289 e. The van der Waals surface area contributed by atoms with Crippen LogP contribution in [0.1, 0.15) is 15.9 Å². The van der Waals surface area contributed by atoms with Crippen molar-refractivity contribution in [1.29, 1.82) is 0 Å². The first-order valence-electron chi connectivity index (χ1n) is 4.58. The monoisotopic (exact) mass is 223 g/mol. The Hall–Kier alpha value is -2.04. The average molecular weight is 223 g/mol. The molecule has 0 saturated carbocycles. The van der Waals surface area contributed by atoms with Gasteiger partial charge in [0.1, 0.15) is 11.5 Å². The van der Waals surface area contributed by atoms with Gasteiger partial charge in [-0.05, 0) is 24.6 Å². The van der Waals surface area contributed by atoms with E-state index >= 15 is 0 Å². The van der Waals surface area contributed by atoms with Gasteiger partial charge in [-0.3, -0.25) is 9.59 Å². The SMILES string of the molecule is COc1cc(C(=O)C(N)=O)c(OC)cc1C. The molecule has 0 radical (unpaired) electrons. The number of ether oxygens (including phenoxy) is 2. The highest BCUT2D eigenvalue weighted by Gasteiger charge is 2.19. The molecule has 1 amide bonds. The molecule has 0 aliphatic rings. The first-order chi connectivity index (χ1) is 7.51. The summed E-state index contributed by atoms with van der Waals surface area (Å²) in [6, 6.07) is 3.07. The summed E-state index contributed by atoms with van der Waals surface area (Å²) in [4.78, 5) is 22.3. The molecule has 86 valence electrons. The van der Waals surface area contributed by atoms with Gasteiger partial charge in [0.2, 0.25) is 0 Å². The van der Waals surface area contributed by atoms with Crippen molar-refractivity contribution in [3.05, 3.63) is 23.3 Å². The summed E-state index contributed by atoms with van der Waals surface area (Å²) in [6.07, 6.45) is 0. The second kappa shape index (κ2) is 4.65. The molecular formula is C11H13NO4. The lowest BCUT2D eigenvalue weighted by Gasteiger charge is -2.10. The molecule has 0 spiro atoms. The number of carbonyl (C=O) groups excluding carboxylic acids is 2. The quantitative estimate of drug-likeness (QED) is 0.601. The van der Waals surface area contributed by atoms with E-state index in [4.69, 9.17) is 15.2 Å². The highest BCUT2D eigenvalue weighted by atomic mass is 16.5. The Morgan fingerprint density at radius 2 is 1.69 bits per heavy atom. The third-order valence-corrected chi connectivity index (χ3v) is 2.19. The summed E-state index contributed by atoms with van der Waals surface area (Å²) in [5.74, 6) is -1.01. The summed E-state index contributed by atoms with van der Waals surface area (Å²) in [7, 11) is 2.90. The van der Waals surface area contributed by atoms with E-state index in [0.717, 1.165) is 5.56 Å². The van der Waals surface area contributed by atoms with Gasteiger partial charge in [-0.1, -0.05) is 0 Å². The van der Waals surface area contributed by atoms with Gasteiger partial charge < -0.3 is 15.2 Å². The van der Waals surface area contributed by atoms with Crippen molar-refractivity contribution in [3.8, 4) is 11.5 Å². The zero-order valence-corrected chi connectivity index (χ0v) is 9.37. The van der Waals surface area contributed by atoms with Crippen molar-refractivity contribution >= 4 is 11.7 Å². The van der Waals surface area contributed by atoms with Gasteiger partial charge >= 0.3 is 0 Å². The summed E-state index contributed by atoms with van der Waals surface area (Å²) in [5.41, 5.74) is 5.85. The summed E-state index contributed by atoms with van der Waals surface area (Å²) < 4.78 is 10.1. The van der Waals surface area contributed by atoms with Crippen molar-refractivity contribution in [2.75, 3.05) is 14.2 Å². The number of ketones is 1. The van der Waals surface area contributed by atoms with Crippen LogP contribution >= 0.6 is 0 Å². The van der Waals surface area contributed by atoms with E-state index in [2.05, 4.69) is 0 Å². The Labute approximate surface area is 93.1 Å². The third-order valence-electron chi connectivity index (χ3n) is 2.19. The summed E-state index contributed by atoms with van der Waals surface area (Å²) >= 11 is 0. The molecule has 0 saturated heterocycles. The molecule has 0 aromatic heterocycles. The van der Waals surface area contributed by atoms with Crippen LogP contribution < -0.4 is 15.2 Å². The van der Waals surface area contributed by atoms with Gasteiger partial charge in [0.15, 0.2) is 0 Å². The fraction of sp³-hybridized carbons (Fsp3) is 0.273. The van der Waals surface area contributed by atoms with Crippen LogP contribution in [-0.4, -0.2) is 25.9 Å². The molecule has 0 aliphatic heterocycles. The Balaban J connectivity index is 3.35. The van der Waals surface area contributed by atoms with Crippen molar-refractivity contribution in [2.24, 2.45) is 5.73 Å². The molecule has 0 fully saturated rings. The zero-order valence-electron chi connectivity index (χ0n) is 9.37. The topological polar surface area (TPSA) is 78.6 Å². The Morgan fingerprint density at radius 1 is 1.12 bits per heavy atom. The molecule has 1 aromatic carbocycles. The lowest BCUT2D eigenvalue weighted by Crippen LogP contribution is -2.23. The van der Waals surface area contributed by atoms with Crippen molar-refractivity contribution in [1.82, 2.24) is 0 Å². The minimum absolute atomic E-state index is 0.109. The fourth-order valence-corrected chi connectivity index (χ4v) is 1.36. The van der Waals surface area contributed by atoms with E-state index in [-0.39, 0.29) is 5.56 Å². The maximum atomic E-state index is 11.5. The van der Waals surface area contributed by atoms with E-state index in [1.807, 2.05) is 0 Å². The lowest BCUT2D eigenvalue weighted by atomic mass is 10.1. The van der Waals surface area contributed by atoms with E-state index in [9.17, 15) is 9.59 Å². The van der Waals surface area contributed by atoms with Crippen LogP contribution in [0.5, 0.6) is 11.5 Å². The maximum absolute atomic E-state index is 11.5. The molecule has 0 aliphatic carbocycles. The van der Waals surface area contributed by atoms with E-state index in [1.165, 1.54) is 20.3 Å². The zero-order chi connectivity index (χ0) is 12.3. The largest absolute Gasteiger partial charge is 0.496 e. The van der Waals surface area contributed by atoms with Gasteiger partial charge in [0, 0.05) is 0 Å². The molecule has 1 aromatic rings. The molecule has 0 unspecified atom stereocenters. The maximum Gasteiger partial charge on any atom is 0.289 e. The predicted octanol–water partition coefficient (Wildman–Crippen LogP) is 0.680. The Morgan fingerprint density at radius 3 is 2.12 bits per heavy atom. The number of carbonyl (C=O) groups is 2. The number of nitrogens with two attached hydrogens (primary N) is 1. The van der Waals surface area contributed by atoms with E-state index < -0.39 is 11.7 Å². The first kappa shape index (κ1) is 12.0. The number of methoxy groups -OCH3 is 2. The summed E-state index contributed by atoms with van der Waals surface area (Å²) in [6.45, 7) is 1.81. The van der Waals surface area contributed by atoms with Crippen molar-refractivity contribution < 1.29 is 19.1 Å². The van der Waals surface area contributed by atoms with Gasteiger partial charge in [-0.25, -0.2) is 0 Å². The molecule has 5 nitrogen and oxygen atoms in total. The molecule has 2 N–H and O–H groups in total. The standard InChI is InChI=1S/C11H13NO4/c1-6-4-9(16-3)7(5-8(6)15-2)10(13)11(12)14/h4-5H,1-3H3,(H2,12,14). The lowest BCUT2D eigenvalue weighted by molar-refractivity contribution is -0.114. The number of benzene rings is 1. The van der Waals surface area contributed by atoms with E-state index in [0.29, 0.717) is 11.5 Å². The molecule has 16 heavy (non-hydrogen) atoms. The predicted molar refractivity (Wildman–Crippen MR) is 57.8 cm³/mol. The second-order valence-corrected chi connectivity index (χ2v) is 3.22. The average Bonchev–Trinajstić information content (AvgIpc) is 2.27. The molecule has 0 heterocycles. The van der Waals surface area contributed by atoms with Crippen molar-refractivity contribution in [2.45, 2.75) is 6.92 Å². The van der Waals surface area contributed by atoms with Crippen LogP contribution in [0.25, 0.3) is 0 Å². The number of Topliss-reactive ketones (excluding diaryl/α,β-unsaturated/α-hetero) is 1. The number of hydrogen-bond donors (Lipinski definition) is 1. The molecule has 0 atom stereocenters. The van der Waals surface area contributed by atoms with E-state index in [1.54, 1.807) is 13.0 Å². The highest BCUT2D eigenvalue weighted by Crippen LogP contribution is 2.28. The third kappa shape index (κ3) is 2.13. The van der Waals surface area contributed by atoms with Crippen LogP contribution in [0.15, 0.2) is 12.1 Å². The van der Waals surface area contributed by atoms with Gasteiger partial charge in [0.05, 0.1) is 19.8 Å². The molecule has 1 rings (SSSR count). The van der Waals surface area contributed by atoms with Crippen LogP contribution in [0.2, 0.25) is 0 Å². The number of aryl methyl sites for hydroxylation is 1. The Bertz CT molecular complexity index is 440. The number of amides is 1. The molecule has 0 bridgehead atoms. The van der Waals surface area contributed by atoms with Crippen LogP contribution in [0, 0.1) is 6.92 Å². The Kier molecular flexibility index (Phi) is 3.50.